The van der Waals surface area contributed by atoms with Crippen molar-refractivity contribution in [3.05, 3.63) is 59.1 Å². The average Bonchev–Trinajstić information content (AvgIpc) is 2.61. The molecular weight excluding hydrogens is 352 g/mol. The Morgan fingerprint density at radius 1 is 1.15 bits per heavy atom. The van der Waals surface area contributed by atoms with E-state index in [9.17, 15) is 9.59 Å². The zero-order chi connectivity index (χ0) is 18.9. The first-order valence-corrected chi connectivity index (χ1v) is 8.89. The van der Waals surface area contributed by atoms with Crippen LogP contribution in [0.3, 0.4) is 0 Å². The van der Waals surface area contributed by atoms with Gasteiger partial charge in [-0.25, -0.2) is 0 Å². The lowest BCUT2D eigenvalue weighted by Gasteiger charge is -2.21. The first kappa shape index (κ1) is 19.8. The van der Waals surface area contributed by atoms with Gasteiger partial charge in [0.05, 0.1) is 6.61 Å². The van der Waals surface area contributed by atoms with Gasteiger partial charge in [0.15, 0.2) is 0 Å². The third kappa shape index (κ3) is 6.08. The molecule has 0 saturated carbocycles. The maximum atomic E-state index is 12.2. The van der Waals surface area contributed by atoms with Gasteiger partial charge in [-0.1, -0.05) is 23.7 Å². The minimum absolute atomic E-state index is 0.0289. The van der Waals surface area contributed by atoms with Crippen molar-refractivity contribution in [1.82, 2.24) is 5.32 Å². The van der Waals surface area contributed by atoms with Gasteiger partial charge in [0.2, 0.25) is 11.8 Å². The Labute approximate surface area is 158 Å². The Morgan fingerprint density at radius 3 is 2.50 bits per heavy atom. The molecule has 5 nitrogen and oxygen atoms in total. The molecule has 0 aromatic heterocycles. The van der Waals surface area contributed by atoms with Gasteiger partial charge in [-0.05, 0) is 55.3 Å². The molecule has 0 aliphatic rings. The number of ether oxygens (including phenoxy) is 1. The van der Waals surface area contributed by atoms with Crippen LogP contribution in [0.2, 0.25) is 5.02 Å². The molecule has 0 heterocycles. The van der Waals surface area contributed by atoms with E-state index in [2.05, 4.69) is 5.32 Å². The molecule has 2 aromatic carbocycles. The molecule has 2 rings (SSSR count). The third-order valence-electron chi connectivity index (χ3n) is 3.77. The maximum absolute atomic E-state index is 12.2. The summed E-state index contributed by atoms with van der Waals surface area (Å²) < 4.78 is 5.39. The molecule has 0 spiro atoms. The molecule has 0 aliphatic heterocycles. The summed E-state index contributed by atoms with van der Waals surface area (Å²) in [6, 6.07) is 14.6. The van der Waals surface area contributed by atoms with Gasteiger partial charge in [0, 0.05) is 24.2 Å². The number of halogens is 1. The lowest BCUT2D eigenvalue weighted by Crippen LogP contribution is -2.40. The average molecular weight is 375 g/mol. The molecule has 0 saturated heterocycles. The summed E-state index contributed by atoms with van der Waals surface area (Å²) >= 11 is 5.95. The van der Waals surface area contributed by atoms with E-state index in [1.807, 2.05) is 31.2 Å². The van der Waals surface area contributed by atoms with Crippen molar-refractivity contribution in [3.8, 4) is 5.75 Å². The van der Waals surface area contributed by atoms with Gasteiger partial charge < -0.3 is 15.0 Å². The summed E-state index contributed by atoms with van der Waals surface area (Å²) in [5.41, 5.74) is 1.71. The number of carbonyl (C=O) groups excluding carboxylic acids is 2. The van der Waals surface area contributed by atoms with Crippen LogP contribution in [0.15, 0.2) is 48.5 Å². The van der Waals surface area contributed by atoms with Crippen LogP contribution in [0.4, 0.5) is 5.69 Å². The van der Waals surface area contributed by atoms with Crippen LogP contribution < -0.4 is 15.0 Å². The number of hydrogen-bond donors (Lipinski definition) is 1. The lowest BCUT2D eigenvalue weighted by atomic mass is 10.1. The molecular formula is C20H23ClN2O3. The van der Waals surface area contributed by atoms with E-state index in [1.54, 1.807) is 24.3 Å². The van der Waals surface area contributed by atoms with Gasteiger partial charge in [0.25, 0.3) is 0 Å². The van der Waals surface area contributed by atoms with Crippen LogP contribution >= 0.6 is 11.6 Å². The Bertz CT molecular complexity index is 747. The molecule has 0 aliphatic carbocycles. The molecule has 6 heteroatoms. The first-order chi connectivity index (χ1) is 12.5. The van der Waals surface area contributed by atoms with Crippen molar-refractivity contribution in [3.63, 3.8) is 0 Å². The van der Waals surface area contributed by atoms with E-state index in [4.69, 9.17) is 16.3 Å². The molecule has 2 aromatic rings. The largest absolute Gasteiger partial charge is 0.494 e. The summed E-state index contributed by atoms with van der Waals surface area (Å²) in [4.78, 5) is 25.6. The van der Waals surface area contributed by atoms with Gasteiger partial charge >= 0.3 is 0 Å². The van der Waals surface area contributed by atoms with Gasteiger partial charge in [-0.2, -0.15) is 0 Å². The number of anilines is 1. The van der Waals surface area contributed by atoms with Crippen molar-refractivity contribution in [2.24, 2.45) is 0 Å². The molecule has 1 N–H and O–H groups in total. The fourth-order valence-electron chi connectivity index (χ4n) is 2.51. The topological polar surface area (TPSA) is 58.6 Å². The summed E-state index contributed by atoms with van der Waals surface area (Å²) in [6.07, 6.45) is 0.676. The fourth-order valence-corrected chi connectivity index (χ4v) is 2.72. The third-order valence-corrected chi connectivity index (χ3v) is 4.00. The zero-order valence-corrected chi connectivity index (χ0v) is 15.8. The Morgan fingerprint density at radius 2 is 1.88 bits per heavy atom. The van der Waals surface area contributed by atoms with Gasteiger partial charge in [0.1, 0.15) is 12.3 Å². The molecule has 0 fully saturated rings. The first-order valence-electron chi connectivity index (χ1n) is 8.51. The minimum Gasteiger partial charge on any atom is -0.494 e. The Kier molecular flexibility index (Phi) is 7.48. The second kappa shape index (κ2) is 9.82. The van der Waals surface area contributed by atoms with Crippen LogP contribution in [0.25, 0.3) is 0 Å². The van der Waals surface area contributed by atoms with Crippen molar-refractivity contribution in [2.75, 3.05) is 24.6 Å². The van der Waals surface area contributed by atoms with E-state index in [0.29, 0.717) is 30.3 Å². The van der Waals surface area contributed by atoms with Gasteiger partial charge in [-0.15, -0.1) is 0 Å². The maximum Gasteiger partial charge on any atom is 0.240 e. The number of amides is 2. The van der Waals surface area contributed by atoms with Crippen molar-refractivity contribution < 1.29 is 14.3 Å². The zero-order valence-electron chi connectivity index (χ0n) is 15.0. The fraction of sp³-hybridized carbons (Fsp3) is 0.300. The smallest absolute Gasteiger partial charge is 0.240 e. The summed E-state index contributed by atoms with van der Waals surface area (Å²) in [7, 11) is 0. The highest BCUT2D eigenvalue weighted by Crippen LogP contribution is 2.19. The summed E-state index contributed by atoms with van der Waals surface area (Å²) in [5, 5.41) is 3.51. The minimum atomic E-state index is -0.212. The highest BCUT2D eigenvalue weighted by atomic mass is 35.5. The summed E-state index contributed by atoms with van der Waals surface area (Å²) in [5.74, 6) is 0.320. The molecule has 2 amide bonds. The standard InChI is InChI=1S/C20H23ClN2O3/c1-3-26-19-9-7-18(8-10-19)23(15(2)24)14-20(25)22-12-11-16-5-4-6-17(21)13-16/h4-10,13H,3,11-12,14H2,1-2H3,(H,22,25). The van der Waals surface area contributed by atoms with E-state index >= 15 is 0 Å². The number of hydrogen-bond acceptors (Lipinski definition) is 3. The van der Waals surface area contributed by atoms with E-state index in [-0.39, 0.29) is 18.4 Å². The highest BCUT2D eigenvalue weighted by Gasteiger charge is 2.15. The normalized spacial score (nSPS) is 10.3. The SMILES string of the molecule is CCOc1ccc(N(CC(=O)NCCc2cccc(Cl)c2)C(C)=O)cc1. The summed E-state index contributed by atoms with van der Waals surface area (Å²) in [6.45, 7) is 4.37. The lowest BCUT2D eigenvalue weighted by molar-refractivity contribution is -0.123. The molecule has 26 heavy (non-hydrogen) atoms. The second-order valence-corrected chi connectivity index (χ2v) is 6.20. The Hall–Kier alpha value is -2.53. The predicted octanol–water partition coefficient (Wildman–Crippen LogP) is 3.45. The molecule has 0 radical (unpaired) electrons. The number of nitrogens with zero attached hydrogens (tertiary/aromatic N) is 1. The number of rotatable bonds is 8. The molecule has 0 unspecified atom stereocenters. The van der Waals surface area contributed by atoms with Crippen molar-refractivity contribution in [2.45, 2.75) is 20.3 Å². The van der Waals surface area contributed by atoms with E-state index < -0.39 is 0 Å². The highest BCUT2D eigenvalue weighted by molar-refractivity contribution is 6.30. The second-order valence-electron chi connectivity index (χ2n) is 5.76. The van der Waals surface area contributed by atoms with Crippen LogP contribution in [-0.4, -0.2) is 31.5 Å². The van der Waals surface area contributed by atoms with Crippen LogP contribution in [0.5, 0.6) is 5.75 Å². The van der Waals surface area contributed by atoms with Crippen molar-refractivity contribution in [1.29, 1.82) is 0 Å². The Balaban J connectivity index is 1.90. The van der Waals surface area contributed by atoms with E-state index in [0.717, 1.165) is 11.3 Å². The molecule has 0 atom stereocenters. The van der Waals surface area contributed by atoms with Crippen LogP contribution in [0.1, 0.15) is 19.4 Å². The van der Waals surface area contributed by atoms with Crippen molar-refractivity contribution >= 4 is 29.1 Å². The predicted molar refractivity (Wildman–Crippen MR) is 104 cm³/mol. The number of nitrogens with one attached hydrogen (secondary N) is 1. The van der Waals surface area contributed by atoms with E-state index in [1.165, 1.54) is 11.8 Å². The van der Waals surface area contributed by atoms with Crippen LogP contribution in [0, 0.1) is 0 Å². The molecule has 0 bridgehead atoms. The van der Waals surface area contributed by atoms with Crippen LogP contribution in [-0.2, 0) is 16.0 Å². The monoisotopic (exact) mass is 374 g/mol. The van der Waals surface area contributed by atoms with Gasteiger partial charge in [-0.3, -0.25) is 9.59 Å². The quantitative estimate of drug-likeness (QED) is 0.769. The number of benzene rings is 2. The number of carbonyl (C=O) groups is 2. The molecule has 138 valence electrons.